The second-order valence-corrected chi connectivity index (χ2v) is 12.0. The van der Waals surface area contributed by atoms with Gasteiger partial charge in [-0.3, -0.25) is 0 Å². The van der Waals surface area contributed by atoms with E-state index in [9.17, 15) is 15.0 Å². The van der Waals surface area contributed by atoms with Gasteiger partial charge in [0.1, 0.15) is 0 Å². The number of rotatable bonds is 1. The number of fused-ring (bicyclic) bond motifs is 7. The second kappa shape index (κ2) is 6.09. The Hall–Kier alpha value is -0.870. The van der Waals surface area contributed by atoms with Crippen molar-refractivity contribution in [3.8, 4) is 0 Å². The number of hydrogen-bond acceptors (Lipinski definition) is 4. The summed E-state index contributed by atoms with van der Waals surface area (Å²) in [5.41, 5.74) is 0.845. The molecule has 4 fully saturated rings. The van der Waals surface area contributed by atoms with Crippen molar-refractivity contribution in [3.05, 3.63) is 11.6 Å². The lowest BCUT2D eigenvalue weighted by Crippen LogP contribution is -2.66. The van der Waals surface area contributed by atoms with E-state index in [-0.39, 0.29) is 40.2 Å². The summed E-state index contributed by atoms with van der Waals surface area (Å²) in [6, 6.07) is 0. The van der Waals surface area contributed by atoms with E-state index >= 15 is 0 Å². The molecule has 0 spiro atoms. The Bertz CT molecular complexity index is 760. The van der Waals surface area contributed by atoms with Gasteiger partial charge < -0.3 is 14.9 Å². The number of carbonyl (C=O) groups is 1. The van der Waals surface area contributed by atoms with E-state index in [0.29, 0.717) is 24.4 Å². The zero-order valence-electron chi connectivity index (χ0n) is 18.5. The van der Waals surface area contributed by atoms with Crippen molar-refractivity contribution < 1.29 is 19.7 Å². The Balaban J connectivity index is 1.58. The molecule has 0 aromatic carbocycles. The normalized spacial score (nSPS) is 56.4. The second-order valence-electron chi connectivity index (χ2n) is 12.0. The van der Waals surface area contributed by atoms with Gasteiger partial charge in [-0.25, -0.2) is 4.79 Å². The summed E-state index contributed by atoms with van der Waals surface area (Å²) < 4.78 is 5.43. The van der Waals surface area contributed by atoms with Crippen molar-refractivity contribution in [1.82, 2.24) is 0 Å². The first-order valence-electron chi connectivity index (χ1n) is 11.8. The molecular formula is C25H38O4. The van der Waals surface area contributed by atoms with E-state index in [0.717, 1.165) is 31.3 Å². The molecule has 0 aromatic heterocycles. The summed E-state index contributed by atoms with van der Waals surface area (Å²) in [5.74, 6) is 1.21. The predicted molar refractivity (Wildman–Crippen MR) is 111 cm³/mol. The number of aliphatic hydroxyl groups is 2. The zero-order valence-corrected chi connectivity index (χ0v) is 18.5. The Labute approximate surface area is 175 Å². The molecule has 0 amide bonds. The van der Waals surface area contributed by atoms with E-state index in [1.165, 1.54) is 19.3 Å². The maximum Gasteiger partial charge on any atom is 0.334 e. The molecule has 4 aliphatic carbocycles. The molecule has 29 heavy (non-hydrogen) atoms. The fraction of sp³-hybridized carbons (Fsp3) is 0.880. The molecule has 3 saturated carbocycles. The van der Waals surface area contributed by atoms with Gasteiger partial charge >= 0.3 is 5.97 Å². The fourth-order valence-electron chi connectivity index (χ4n) is 9.52. The smallest absolute Gasteiger partial charge is 0.334 e. The highest BCUT2D eigenvalue weighted by atomic mass is 16.5. The highest BCUT2D eigenvalue weighted by Crippen LogP contribution is 2.73. The summed E-state index contributed by atoms with van der Waals surface area (Å²) in [6.45, 7) is 10.2. The third-order valence-corrected chi connectivity index (χ3v) is 11.1. The van der Waals surface area contributed by atoms with Gasteiger partial charge in [-0.2, -0.15) is 0 Å². The van der Waals surface area contributed by atoms with Crippen molar-refractivity contribution in [1.29, 1.82) is 0 Å². The summed E-state index contributed by atoms with van der Waals surface area (Å²) >= 11 is 0. The maximum atomic E-state index is 12.2. The number of ether oxygens (including phenoxy) is 1. The van der Waals surface area contributed by atoms with Gasteiger partial charge in [0.15, 0.2) is 0 Å². The molecule has 1 saturated heterocycles. The molecule has 5 rings (SSSR count). The number of aliphatic hydroxyl groups excluding tert-OH is 2. The van der Waals surface area contributed by atoms with E-state index in [1.54, 1.807) is 0 Å². The minimum Gasteiger partial charge on any atom is -0.462 e. The number of cyclic esters (lactones) is 1. The molecule has 162 valence electrons. The minimum atomic E-state index is -0.411. The van der Waals surface area contributed by atoms with E-state index in [2.05, 4.69) is 33.8 Å². The van der Waals surface area contributed by atoms with Gasteiger partial charge in [0, 0.05) is 23.5 Å². The van der Waals surface area contributed by atoms with Gasteiger partial charge in [0.05, 0.1) is 12.7 Å². The molecule has 1 aliphatic heterocycles. The predicted octanol–water partition coefficient (Wildman–Crippen LogP) is 4.10. The average molecular weight is 403 g/mol. The number of carbonyl (C=O) groups excluding carboxylic acids is 1. The van der Waals surface area contributed by atoms with Crippen LogP contribution in [0.2, 0.25) is 0 Å². The molecule has 0 bridgehead atoms. The molecule has 0 unspecified atom stereocenters. The van der Waals surface area contributed by atoms with Gasteiger partial charge in [0.2, 0.25) is 0 Å². The third kappa shape index (κ3) is 2.31. The van der Waals surface area contributed by atoms with Gasteiger partial charge in [0.25, 0.3) is 0 Å². The van der Waals surface area contributed by atoms with Crippen LogP contribution in [0.3, 0.4) is 0 Å². The monoisotopic (exact) mass is 402 g/mol. The molecule has 5 aliphatic rings. The molecule has 4 heteroatoms. The van der Waals surface area contributed by atoms with E-state index in [4.69, 9.17) is 4.74 Å². The third-order valence-electron chi connectivity index (χ3n) is 11.1. The lowest BCUT2D eigenvalue weighted by molar-refractivity contribution is -0.237. The van der Waals surface area contributed by atoms with Crippen LogP contribution in [0.25, 0.3) is 0 Å². The van der Waals surface area contributed by atoms with Crippen molar-refractivity contribution >= 4 is 5.97 Å². The molecule has 1 heterocycles. The molecule has 2 N–H and O–H groups in total. The van der Waals surface area contributed by atoms with Gasteiger partial charge in [-0.1, -0.05) is 40.2 Å². The van der Waals surface area contributed by atoms with Crippen LogP contribution in [-0.2, 0) is 9.53 Å². The first-order valence-corrected chi connectivity index (χ1v) is 11.8. The standard InChI is InChI=1S/C25H38O4/c1-22(14-26)9-5-10-23(2)17(22)8-11-24(3)18-7-6-15-16(13-29-21(15)28)25(18,4)20(27)12-19(23)24/h6,16-20,26-27H,5,7-14H2,1-4H3/t16-,17-,18-,19+,20+,22+,23-,24-,25+/m0/s1. The lowest BCUT2D eigenvalue weighted by Gasteiger charge is -2.70. The quantitative estimate of drug-likeness (QED) is 0.648. The van der Waals surface area contributed by atoms with Crippen molar-refractivity contribution in [2.75, 3.05) is 13.2 Å². The number of hydrogen-bond donors (Lipinski definition) is 2. The zero-order chi connectivity index (χ0) is 20.8. The van der Waals surface area contributed by atoms with Gasteiger partial charge in [-0.15, -0.1) is 0 Å². The molecule has 0 aromatic rings. The summed E-state index contributed by atoms with van der Waals surface area (Å²) in [4.78, 5) is 12.2. The van der Waals surface area contributed by atoms with E-state index < -0.39 is 6.10 Å². The topological polar surface area (TPSA) is 66.8 Å². The van der Waals surface area contributed by atoms with Crippen LogP contribution >= 0.6 is 0 Å². The SMILES string of the molecule is C[C@]1(CO)CCC[C@]2(C)[C@H]3C[C@@H](O)[C@]4(C)[C@H]5COC(=O)C5=CC[C@H]4[C@]3(C)CC[C@@H]12. The fourth-order valence-corrected chi connectivity index (χ4v) is 9.52. The minimum absolute atomic E-state index is 0.00534. The van der Waals surface area contributed by atoms with Crippen LogP contribution in [0.1, 0.15) is 72.6 Å². The Morgan fingerprint density at radius 3 is 2.52 bits per heavy atom. The lowest BCUT2D eigenvalue weighted by atomic mass is 9.34. The van der Waals surface area contributed by atoms with Crippen LogP contribution in [0, 0.1) is 45.3 Å². The molecule has 4 nitrogen and oxygen atoms in total. The largest absolute Gasteiger partial charge is 0.462 e. The molecular weight excluding hydrogens is 364 g/mol. The van der Waals surface area contributed by atoms with Crippen LogP contribution in [0.4, 0.5) is 0 Å². The Morgan fingerprint density at radius 2 is 1.79 bits per heavy atom. The van der Waals surface area contributed by atoms with Gasteiger partial charge in [-0.05, 0) is 72.5 Å². The first kappa shape index (κ1) is 20.1. The van der Waals surface area contributed by atoms with Crippen molar-refractivity contribution in [2.24, 2.45) is 45.3 Å². The number of esters is 1. The van der Waals surface area contributed by atoms with Crippen LogP contribution in [0.15, 0.2) is 11.6 Å². The summed E-state index contributed by atoms with van der Waals surface area (Å²) in [5, 5.41) is 21.9. The first-order chi connectivity index (χ1) is 13.6. The van der Waals surface area contributed by atoms with E-state index in [1.807, 2.05) is 0 Å². The van der Waals surface area contributed by atoms with Crippen molar-refractivity contribution in [3.63, 3.8) is 0 Å². The summed E-state index contributed by atoms with van der Waals surface area (Å²) in [6.07, 6.45) is 9.23. The van der Waals surface area contributed by atoms with Crippen LogP contribution in [-0.4, -0.2) is 35.5 Å². The van der Waals surface area contributed by atoms with Crippen LogP contribution < -0.4 is 0 Å². The molecule has 9 atom stereocenters. The molecule has 0 radical (unpaired) electrons. The highest BCUT2D eigenvalue weighted by Gasteiger charge is 2.69. The average Bonchev–Trinajstić information content (AvgIpc) is 3.06. The maximum absolute atomic E-state index is 12.2. The summed E-state index contributed by atoms with van der Waals surface area (Å²) in [7, 11) is 0. The Kier molecular flexibility index (Phi) is 4.22. The van der Waals surface area contributed by atoms with Crippen molar-refractivity contribution in [2.45, 2.75) is 78.7 Å². The number of allylic oxidation sites excluding steroid dienone is 1. The Morgan fingerprint density at radius 1 is 1.07 bits per heavy atom. The van der Waals surface area contributed by atoms with Crippen LogP contribution in [0.5, 0.6) is 0 Å². The highest BCUT2D eigenvalue weighted by molar-refractivity contribution is 5.91.